The zero-order chi connectivity index (χ0) is 20.1. The Morgan fingerprint density at radius 2 is 1.79 bits per heavy atom. The van der Waals surface area contributed by atoms with E-state index in [2.05, 4.69) is 5.32 Å². The Kier molecular flexibility index (Phi) is 6.75. The van der Waals surface area contributed by atoms with Gasteiger partial charge >= 0.3 is 0 Å². The second kappa shape index (κ2) is 9.07. The smallest absolute Gasteiger partial charge is 0.243 e. The number of sulfonamides is 1. The lowest BCUT2D eigenvalue weighted by molar-refractivity contribution is -0.125. The maximum absolute atomic E-state index is 13.0. The first-order valence-electron chi connectivity index (χ1n) is 9.48. The van der Waals surface area contributed by atoms with Gasteiger partial charge in [0.2, 0.25) is 15.9 Å². The van der Waals surface area contributed by atoms with Gasteiger partial charge in [-0.2, -0.15) is 4.31 Å². The molecule has 28 heavy (non-hydrogen) atoms. The normalized spacial score (nSPS) is 18.0. The number of carbonyl (C=O) groups excluding carboxylic acids is 1. The molecule has 1 amide bonds. The molecule has 1 fully saturated rings. The van der Waals surface area contributed by atoms with Gasteiger partial charge in [-0.25, -0.2) is 8.42 Å². The molecule has 7 heteroatoms. The van der Waals surface area contributed by atoms with Gasteiger partial charge in [-0.1, -0.05) is 47.9 Å². The Labute approximate surface area is 171 Å². The molecule has 3 rings (SSSR count). The van der Waals surface area contributed by atoms with Crippen molar-refractivity contribution in [2.75, 3.05) is 13.1 Å². The summed E-state index contributed by atoms with van der Waals surface area (Å²) in [7, 11) is -3.74. The summed E-state index contributed by atoms with van der Waals surface area (Å²) < 4.78 is 27.4. The molecule has 1 saturated heterocycles. The molecule has 150 valence electrons. The molecular formula is C21H25ClN2O3S. The fraction of sp³-hybridized carbons (Fsp3) is 0.381. The fourth-order valence-electron chi connectivity index (χ4n) is 3.40. The molecule has 2 aromatic rings. The summed E-state index contributed by atoms with van der Waals surface area (Å²) in [5, 5.41) is 3.39. The van der Waals surface area contributed by atoms with E-state index in [9.17, 15) is 13.2 Å². The highest BCUT2D eigenvalue weighted by Crippen LogP contribution is 2.26. The summed E-state index contributed by atoms with van der Waals surface area (Å²) in [5.41, 5.74) is 2.33. The van der Waals surface area contributed by atoms with Crippen LogP contribution in [0.3, 0.4) is 0 Å². The van der Waals surface area contributed by atoms with E-state index in [1.54, 1.807) is 12.1 Å². The number of hydrogen-bond acceptors (Lipinski definition) is 3. The van der Waals surface area contributed by atoms with Gasteiger partial charge in [0.15, 0.2) is 0 Å². The van der Waals surface area contributed by atoms with Crippen LogP contribution in [0.25, 0.3) is 0 Å². The van der Waals surface area contributed by atoms with Crippen LogP contribution in [0.15, 0.2) is 53.4 Å². The molecule has 1 heterocycles. The predicted octanol–water partition coefficient (Wildman–Crippen LogP) is 3.55. The molecule has 1 atom stereocenters. The third-order valence-corrected chi connectivity index (χ3v) is 7.18. The Balaban J connectivity index is 1.67. The van der Waals surface area contributed by atoms with Crippen LogP contribution in [0, 0.1) is 6.92 Å². The number of amides is 1. The lowest BCUT2D eigenvalue weighted by Crippen LogP contribution is -2.52. The number of piperidine rings is 1. The van der Waals surface area contributed by atoms with E-state index in [0.717, 1.165) is 18.4 Å². The van der Waals surface area contributed by atoms with Crippen molar-refractivity contribution in [3.63, 3.8) is 0 Å². The highest BCUT2D eigenvalue weighted by atomic mass is 35.5. The molecule has 0 unspecified atom stereocenters. The molecule has 1 N–H and O–H groups in total. The highest BCUT2D eigenvalue weighted by molar-refractivity contribution is 7.89. The predicted molar refractivity (Wildman–Crippen MR) is 111 cm³/mol. The van der Waals surface area contributed by atoms with Crippen molar-refractivity contribution >= 4 is 27.5 Å². The molecule has 0 spiro atoms. The second-order valence-corrected chi connectivity index (χ2v) is 9.43. The summed E-state index contributed by atoms with van der Waals surface area (Å²) in [6.07, 6.45) is 2.83. The number of nitrogens with one attached hydrogen (secondary N) is 1. The Morgan fingerprint density at radius 3 is 2.46 bits per heavy atom. The molecule has 0 aliphatic carbocycles. The first-order valence-corrected chi connectivity index (χ1v) is 11.3. The number of rotatable bonds is 6. The maximum Gasteiger partial charge on any atom is 0.243 e. The lowest BCUT2D eigenvalue weighted by Gasteiger charge is -2.33. The topological polar surface area (TPSA) is 66.5 Å². The van der Waals surface area contributed by atoms with Gasteiger partial charge in [0.05, 0.1) is 4.90 Å². The molecule has 0 aromatic heterocycles. The van der Waals surface area contributed by atoms with Crippen LogP contribution in [0.4, 0.5) is 0 Å². The number of aryl methyl sites for hydroxylation is 1. The summed E-state index contributed by atoms with van der Waals surface area (Å²) in [4.78, 5) is 12.9. The quantitative estimate of drug-likeness (QED) is 0.777. The van der Waals surface area contributed by atoms with Gasteiger partial charge < -0.3 is 5.32 Å². The zero-order valence-electron chi connectivity index (χ0n) is 15.9. The van der Waals surface area contributed by atoms with Crippen molar-refractivity contribution in [1.82, 2.24) is 9.62 Å². The highest BCUT2D eigenvalue weighted by Gasteiger charge is 2.37. The fourth-order valence-corrected chi connectivity index (χ4v) is 5.18. The SMILES string of the molecule is Cc1ccc(CCNC(=O)[C@H]2CCCCN2S(=O)(=O)c2ccc(Cl)cc2)cc1. The number of carbonyl (C=O) groups is 1. The van der Waals surface area contributed by atoms with Gasteiger partial charge in [-0.15, -0.1) is 0 Å². The molecule has 1 aliphatic rings. The zero-order valence-corrected chi connectivity index (χ0v) is 17.5. The van der Waals surface area contributed by atoms with E-state index in [0.29, 0.717) is 31.0 Å². The standard InChI is InChI=1S/C21H25ClN2O3S/c1-16-5-7-17(8-6-16)13-14-23-21(25)20-4-2-3-15-24(20)28(26,27)19-11-9-18(22)10-12-19/h5-12,20H,2-4,13-15H2,1H3,(H,23,25)/t20-/m1/s1. The van der Waals surface area contributed by atoms with Crippen LogP contribution in [-0.2, 0) is 21.2 Å². The van der Waals surface area contributed by atoms with Crippen LogP contribution < -0.4 is 5.32 Å². The summed E-state index contributed by atoms with van der Waals surface area (Å²) in [6, 6.07) is 13.6. The van der Waals surface area contributed by atoms with E-state index in [1.807, 2.05) is 31.2 Å². The average Bonchev–Trinajstić information content (AvgIpc) is 2.70. The number of halogens is 1. The van der Waals surface area contributed by atoms with Crippen molar-refractivity contribution in [3.05, 3.63) is 64.7 Å². The Hall–Kier alpha value is -1.89. The van der Waals surface area contributed by atoms with E-state index in [1.165, 1.54) is 22.0 Å². The first-order chi connectivity index (χ1) is 13.4. The molecule has 2 aromatic carbocycles. The summed E-state index contributed by atoms with van der Waals surface area (Å²) in [5.74, 6) is -0.232. The summed E-state index contributed by atoms with van der Waals surface area (Å²) in [6.45, 7) is 2.86. The maximum atomic E-state index is 13.0. The molecular weight excluding hydrogens is 396 g/mol. The van der Waals surface area contributed by atoms with E-state index >= 15 is 0 Å². The lowest BCUT2D eigenvalue weighted by atomic mass is 10.0. The number of benzene rings is 2. The van der Waals surface area contributed by atoms with Gasteiger partial charge in [-0.05, 0) is 56.0 Å². The molecule has 1 aliphatic heterocycles. The van der Waals surface area contributed by atoms with Gasteiger partial charge in [0.25, 0.3) is 0 Å². The van der Waals surface area contributed by atoms with E-state index in [4.69, 9.17) is 11.6 Å². The monoisotopic (exact) mass is 420 g/mol. The van der Waals surface area contributed by atoms with Crippen molar-refractivity contribution < 1.29 is 13.2 Å². The van der Waals surface area contributed by atoms with Crippen LogP contribution in [0.5, 0.6) is 0 Å². The van der Waals surface area contributed by atoms with Crippen molar-refractivity contribution in [3.8, 4) is 0 Å². The molecule has 0 radical (unpaired) electrons. The van der Waals surface area contributed by atoms with Crippen LogP contribution in [-0.4, -0.2) is 37.8 Å². The third-order valence-electron chi connectivity index (χ3n) is 5.01. The molecule has 5 nitrogen and oxygen atoms in total. The average molecular weight is 421 g/mol. The third kappa shape index (κ3) is 4.93. The van der Waals surface area contributed by atoms with Crippen LogP contribution in [0.1, 0.15) is 30.4 Å². The minimum atomic E-state index is -3.74. The molecule has 0 bridgehead atoms. The number of hydrogen-bond donors (Lipinski definition) is 1. The van der Waals surface area contributed by atoms with Gasteiger partial charge in [0.1, 0.15) is 6.04 Å². The second-order valence-electron chi connectivity index (χ2n) is 7.11. The van der Waals surface area contributed by atoms with Gasteiger partial charge in [0, 0.05) is 18.1 Å². The van der Waals surface area contributed by atoms with Crippen LogP contribution >= 0.6 is 11.6 Å². The Bertz CT molecular complexity index is 912. The summed E-state index contributed by atoms with van der Waals surface area (Å²) >= 11 is 5.87. The van der Waals surface area contributed by atoms with E-state index in [-0.39, 0.29) is 10.8 Å². The number of nitrogens with zero attached hydrogens (tertiary/aromatic N) is 1. The van der Waals surface area contributed by atoms with Crippen LogP contribution in [0.2, 0.25) is 5.02 Å². The van der Waals surface area contributed by atoms with Crippen molar-refractivity contribution in [2.24, 2.45) is 0 Å². The molecule has 0 saturated carbocycles. The minimum absolute atomic E-state index is 0.163. The van der Waals surface area contributed by atoms with Crippen molar-refractivity contribution in [1.29, 1.82) is 0 Å². The minimum Gasteiger partial charge on any atom is -0.354 e. The van der Waals surface area contributed by atoms with E-state index < -0.39 is 16.1 Å². The van der Waals surface area contributed by atoms with Crippen molar-refractivity contribution in [2.45, 2.75) is 43.5 Å². The first kappa shape index (κ1) is 20.8. The van der Waals surface area contributed by atoms with Gasteiger partial charge in [-0.3, -0.25) is 4.79 Å². The Morgan fingerprint density at radius 1 is 1.11 bits per heavy atom. The largest absolute Gasteiger partial charge is 0.354 e.